The van der Waals surface area contributed by atoms with Crippen LogP contribution in [0.3, 0.4) is 0 Å². The molecule has 0 bridgehead atoms. The number of aliphatic hydroxyl groups is 1. The van der Waals surface area contributed by atoms with E-state index in [1.54, 1.807) is 0 Å². The summed E-state index contributed by atoms with van der Waals surface area (Å²) < 4.78 is 0. The Morgan fingerprint density at radius 1 is 1.42 bits per heavy atom. The fraction of sp³-hybridized carbons (Fsp3) is 0.583. The molecule has 7 heteroatoms. The molecule has 2 atom stereocenters. The van der Waals surface area contributed by atoms with E-state index in [1.807, 2.05) is 4.98 Å². The maximum atomic E-state index is 11.8. The predicted octanol–water partition coefficient (Wildman–Crippen LogP) is -0.656. The average molecular weight is 267 g/mol. The van der Waals surface area contributed by atoms with Gasteiger partial charge in [0.2, 0.25) is 0 Å². The van der Waals surface area contributed by atoms with E-state index in [0.29, 0.717) is 13.0 Å². The van der Waals surface area contributed by atoms with Crippen molar-refractivity contribution in [2.75, 3.05) is 6.54 Å². The molecule has 1 amide bonds. The summed E-state index contributed by atoms with van der Waals surface area (Å²) in [6.07, 6.45) is 4.19. The van der Waals surface area contributed by atoms with Crippen molar-refractivity contribution in [3.8, 4) is 0 Å². The smallest absolute Gasteiger partial charge is 0.325 e. The number of H-pyrrole nitrogens is 2. The molecule has 0 spiro atoms. The summed E-state index contributed by atoms with van der Waals surface area (Å²) >= 11 is 0. The first-order valence-corrected chi connectivity index (χ1v) is 6.34. The van der Waals surface area contributed by atoms with Gasteiger partial charge in [-0.2, -0.15) is 0 Å². The minimum absolute atomic E-state index is 0.115. The number of aliphatic hydroxyl groups excluding tert-OH is 1. The van der Waals surface area contributed by atoms with Crippen LogP contribution in [-0.2, 0) is 0 Å². The summed E-state index contributed by atoms with van der Waals surface area (Å²) in [6.45, 7) is 0.425. The van der Waals surface area contributed by atoms with E-state index in [2.05, 4.69) is 10.3 Å². The number of rotatable bonds is 3. The molecule has 4 N–H and O–H groups in total. The third-order valence-electron chi connectivity index (χ3n) is 3.37. The van der Waals surface area contributed by atoms with Crippen molar-refractivity contribution in [3.63, 3.8) is 0 Å². The second kappa shape index (κ2) is 5.83. The molecule has 7 nitrogen and oxygen atoms in total. The maximum absolute atomic E-state index is 11.8. The lowest BCUT2D eigenvalue weighted by Crippen LogP contribution is -2.37. The number of carbonyl (C=O) groups is 1. The van der Waals surface area contributed by atoms with Gasteiger partial charge >= 0.3 is 5.69 Å². The van der Waals surface area contributed by atoms with Gasteiger partial charge in [0.25, 0.3) is 11.5 Å². The van der Waals surface area contributed by atoms with E-state index >= 15 is 0 Å². The highest BCUT2D eigenvalue weighted by molar-refractivity contribution is 5.93. The zero-order chi connectivity index (χ0) is 13.8. The van der Waals surface area contributed by atoms with E-state index in [4.69, 9.17) is 0 Å². The number of hydrogen-bond acceptors (Lipinski definition) is 4. The highest BCUT2D eigenvalue weighted by Crippen LogP contribution is 2.23. The van der Waals surface area contributed by atoms with Gasteiger partial charge in [0.15, 0.2) is 0 Å². The Kier molecular flexibility index (Phi) is 4.16. The summed E-state index contributed by atoms with van der Waals surface area (Å²) in [5.74, 6) is -0.285. The molecule has 1 aromatic heterocycles. The van der Waals surface area contributed by atoms with Gasteiger partial charge in [-0.3, -0.25) is 14.6 Å². The van der Waals surface area contributed by atoms with E-state index in [0.717, 1.165) is 25.5 Å². The lowest BCUT2D eigenvalue weighted by atomic mass is 9.87. The van der Waals surface area contributed by atoms with Crippen molar-refractivity contribution in [1.82, 2.24) is 15.3 Å². The number of aromatic nitrogens is 2. The summed E-state index contributed by atoms with van der Waals surface area (Å²) in [7, 11) is 0. The molecule has 2 unspecified atom stereocenters. The van der Waals surface area contributed by atoms with Gasteiger partial charge in [-0.1, -0.05) is 6.42 Å². The van der Waals surface area contributed by atoms with Crippen LogP contribution >= 0.6 is 0 Å². The highest BCUT2D eigenvalue weighted by Gasteiger charge is 2.21. The Morgan fingerprint density at radius 3 is 2.89 bits per heavy atom. The molecule has 1 aliphatic rings. The van der Waals surface area contributed by atoms with Crippen LogP contribution in [0.25, 0.3) is 0 Å². The molecule has 1 aromatic rings. The third kappa shape index (κ3) is 3.54. The van der Waals surface area contributed by atoms with E-state index in [9.17, 15) is 19.5 Å². The van der Waals surface area contributed by atoms with Gasteiger partial charge in [0.1, 0.15) is 5.56 Å². The van der Waals surface area contributed by atoms with Gasteiger partial charge in [-0.05, 0) is 25.2 Å². The van der Waals surface area contributed by atoms with Crippen LogP contribution in [0.2, 0.25) is 0 Å². The van der Waals surface area contributed by atoms with Crippen molar-refractivity contribution in [2.45, 2.75) is 31.8 Å². The number of amides is 1. The second-order valence-corrected chi connectivity index (χ2v) is 4.88. The molecular formula is C12H17N3O4. The molecule has 1 heterocycles. The normalized spacial score (nSPS) is 23.0. The maximum Gasteiger partial charge on any atom is 0.325 e. The number of aromatic amines is 2. The molecule has 2 rings (SSSR count). The van der Waals surface area contributed by atoms with Crippen LogP contribution in [0, 0.1) is 5.92 Å². The van der Waals surface area contributed by atoms with Crippen LogP contribution in [-0.4, -0.2) is 33.6 Å². The molecular weight excluding hydrogens is 250 g/mol. The lowest BCUT2D eigenvalue weighted by Gasteiger charge is -2.25. The second-order valence-electron chi connectivity index (χ2n) is 4.88. The minimum atomic E-state index is -0.704. The molecule has 1 saturated carbocycles. The molecule has 1 aliphatic carbocycles. The molecule has 0 aromatic carbocycles. The van der Waals surface area contributed by atoms with Crippen molar-refractivity contribution < 1.29 is 9.90 Å². The first kappa shape index (κ1) is 13.5. The first-order chi connectivity index (χ1) is 9.06. The van der Waals surface area contributed by atoms with E-state index in [1.165, 1.54) is 0 Å². The molecule has 1 fully saturated rings. The van der Waals surface area contributed by atoms with E-state index < -0.39 is 17.2 Å². The molecule has 0 radical (unpaired) electrons. The van der Waals surface area contributed by atoms with E-state index in [-0.39, 0.29) is 17.6 Å². The summed E-state index contributed by atoms with van der Waals surface area (Å²) in [6, 6.07) is 0. The monoisotopic (exact) mass is 267 g/mol. The SMILES string of the molecule is O=C(NCC1CCCC(O)C1)c1c[nH]c(=O)[nH]c1=O. The van der Waals surface area contributed by atoms with Crippen LogP contribution < -0.4 is 16.6 Å². The Hall–Kier alpha value is -1.89. The number of carbonyl (C=O) groups excluding carboxylic acids is 1. The fourth-order valence-electron chi connectivity index (χ4n) is 2.36. The largest absolute Gasteiger partial charge is 0.393 e. The van der Waals surface area contributed by atoms with Gasteiger partial charge < -0.3 is 15.4 Å². The van der Waals surface area contributed by atoms with Gasteiger partial charge in [-0.25, -0.2) is 4.79 Å². The van der Waals surface area contributed by atoms with Gasteiger partial charge in [0, 0.05) is 12.7 Å². The Morgan fingerprint density at radius 2 is 2.21 bits per heavy atom. The van der Waals surface area contributed by atoms with Crippen LogP contribution in [0.1, 0.15) is 36.0 Å². The quantitative estimate of drug-likeness (QED) is 0.582. The Bertz CT molecular complexity index is 563. The minimum Gasteiger partial charge on any atom is -0.393 e. The average Bonchev–Trinajstić information content (AvgIpc) is 2.36. The van der Waals surface area contributed by atoms with Crippen molar-refractivity contribution in [3.05, 3.63) is 32.6 Å². The van der Waals surface area contributed by atoms with Crippen LogP contribution in [0.4, 0.5) is 0 Å². The van der Waals surface area contributed by atoms with Crippen LogP contribution in [0.5, 0.6) is 0 Å². The Balaban J connectivity index is 1.94. The van der Waals surface area contributed by atoms with Crippen molar-refractivity contribution in [1.29, 1.82) is 0 Å². The molecule has 19 heavy (non-hydrogen) atoms. The van der Waals surface area contributed by atoms with Crippen molar-refractivity contribution >= 4 is 5.91 Å². The summed E-state index contributed by atoms with van der Waals surface area (Å²) in [4.78, 5) is 38.3. The zero-order valence-electron chi connectivity index (χ0n) is 10.4. The lowest BCUT2D eigenvalue weighted by molar-refractivity contribution is 0.0872. The summed E-state index contributed by atoms with van der Waals surface area (Å²) in [5, 5.41) is 12.2. The zero-order valence-corrected chi connectivity index (χ0v) is 10.4. The standard InChI is InChI=1S/C12H17N3O4/c16-8-3-1-2-7(4-8)5-13-10(17)9-6-14-12(19)15-11(9)18/h6-8,16H,1-5H2,(H,13,17)(H2,14,15,18,19). The molecule has 104 valence electrons. The van der Waals surface area contributed by atoms with Gasteiger partial charge in [0.05, 0.1) is 6.10 Å². The molecule has 0 aliphatic heterocycles. The third-order valence-corrected chi connectivity index (χ3v) is 3.37. The topological polar surface area (TPSA) is 115 Å². The summed E-state index contributed by atoms with van der Waals surface area (Å²) in [5.41, 5.74) is -1.46. The highest BCUT2D eigenvalue weighted by atomic mass is 16.3. The Labute approximate surface area is 109 Å². The first-order valence-electron chi connectivity index (χ1n) is 6.34. The number of hydrogen-bond donors (Lipinski definition) is 4. The molecule has 0 saturated heterocycles. The number of nitrogens with one attached hydrogen (secondary N) is 3. The predicted molar refractivity (Wildman–Crippen MR) is 68.0 cm³/mol. The fourth-order valence-corrected chi connectivity index (χ4v) is 2.36. The van der Waals surface area contributed by atoms with Crippen molar-refractivity contribution in [2.24, 2.45) is 5.92 Å². The van der Waals surface area contributed by atoms with Crippen LogP contribution in [0.15, 0.2) is 15.8 Å². The van der Waals surface area contributed by atoms with Gasteiger partial charge in [-0.15, -0.1) is 0 Å².